The Balaban J connectivity index is 1.29. The van der Waals surface area contributed by atoms with Gasteiger partial charge < -0.3 is 10.4 Å². The number of hydrogen-bond donors (Lipinski definition) is 2. The van der Waals surface area contributed by atoms with Crippen molar-refractivity contribution in [1.82, 2.24) is 19.7 Å². The zero-order chi connectivity index (χ0) is 22.2. The number of aliphatic hydroxyl groups excluding tert-OH is 1. The predicted molar refractivity (Wildman–Crippen MR) is 122 cm³/mol. The van der Waals surface area contributed by atoms with E-state index in [0.29, 0.717) is 28.9 Å². The molecule has 2 aliphatic carbocycles. The third kappa shape index (κ3) is 4.17. The highest BCUT2D eigenvalue weighted by molar-refractivity contribution is 6.04. The minimum absolute atomic E-state index is 0.180. The average molecular weight is 432 g/mol. The lowest BCUT2D eigenvalue weighted by molar-refractivity contribution is 0.102. The molecular formula is C25H29N5O2. The largest absolute Gasteiger partial charge is 0.393 e. The lowest BCUT2D eigenvalue weighted by Crippen LogP contribution is -2.19. The van der Waals surface area contributed by atoms with Gasteiger partial charge in [0.15, 0.2) is 5.82 Å². The highest BCUT2D eigenvalue weighted by Gasteiger charge is 2.25. The fourth-order valence-electron chi connectivity index (χ4n) is 4.67. The van der Waals surface area contributed by atoms with Crippen molar-refractivity contribution in [3.63, 3.8) is 0 Å². The van der Waals surface area contributed by atoms with E-state index >= 15 is 0 Å². The number of amides is 1. The Kier molecular flexibility index (Phi) is 5.51. The molecule has 2 saturated carbocycles. The molecule has 32 heavy (non-hydrogen) atoms. The van der Waals surface area contributed by atoms with Gasteiger partial charge in [0, 0.05) is 17.8 Å². The van der Waals surface area contributed by atoms with Gasteiger partial charge in [0.1, 0.15) is 0 Å². The normalized spacial score (nSPS) is 20.8. The Morgan fingerprint density at radius 3 is 2.41 bits per heavy atom. The number of aryl methyl sites for hydroxylation is 1. The van der Waals surface area contributed by atoms with Crippen LogP contribution in [0.1, 0.15) is 83.2 Å². The van der Waals surface area contributed by atoms with Gasteiger partial charge in [-0.15, -0.1) is 0 Å². The maximum atomic E-state index is 12.9. The van der Waals surface area contributed by atoms with Gasteiger partial charge in [-0.05, 0) is 81.5 Å². The van der Waals surface area contributed by atoms with Crippen molar-refractivity contribution in [3.05, 3.63) is 64.9 Å². The first kappa shape index (κ1) is 20.8. The molecule has 0 unspecified atom stereocenters. The molecule has 2 N–H and O–H groups in total. The van der Waals surface area contributed by atoms with Crippen LogP contribution in [0.5, 0.6) is 0 Å². The van der Waals surface area contributed by atoms with Crippen LogP contribution in [-0.2, 0) is 0 Å². The second kappa shape index (κ2) is 8.47. The topological polar surface area (TPSA) is 92.9 Å². The van der Waals surface area contributed by atoms with Crippen LogP contribution < -0.4 is 5.32 Å². The summed E-state index contributed by atoms with van der Waals surface area (Å²) < 4.78 is 1.70. The van der Waals surface area contributed by atoms with E-state index in [2.05, 4.69) is 26.4 Å². The number of carbonyl (C=O) groups is 1. The summed E-state index contributed by atoms with van der Waals surface area (Å²) in [6.07, 6.45) is 11.1. The number of carbonyl (C=O) groups excluding carboxylic acids is 1. The van der Waals surface area contributed by atoms with Crippen molar-refractivity contribution in [2.75, 3.05) is 5.32 Å². The Hall–Kier alpha value is -3.06. The van der Waals surface area contributed by atoms with Gasteiger partial charge in [-0.1, -0.05) is 6.07 Å². The first-order chi connectivity index (χ1) is 15.5. The highest BCUT2D eigenvalue weighted by atomic mass is 16.3. The van der Waals surface area contributed by atoms with Gasteiger partial charge in [-0.3, -0.25) is 9.78 Å². The van der Waals surface area contributed by atoms with Gasteiger partial charge in [-0.2, -0.15) is 5.10 Å². The van der Waals surface area contributed by atoms with Crippen molar-refractivity contribution < 1.29 is 9.90 Å². The number of pyridine rings is 2. The lowest BCUT2D eigenvalue weighted by Gasteiger charge is -2.26. The summed E-state index contributed by atoms with van der Waals surface area (Å²) in [7, 11) is 0. The van der Waals surface area contributed by atoms with Gasteiger partial charge >= 0.3 is 0 Å². The molecule has 0 aliphatic heterocycles. The second-order valence-electron chi connectivity index (χ2n) is 9.17. The number of hydrogen-bond acceptors (Lipinski definition) is 5. The van der Waals surface area contributed by atoms with Crippen molar-refractivity contribution in [3.8, 4) is 5.82 Å². The third-order valence-electron chi connectivity index (χ3n) is 6.75. The summed E-state index contributed by atoms with van der Waals surface area (Å²) in [5.41, 5.74) is 5.34. The molecule has 0 saturated heterocycles. The SMILES string of the molecule is Cc1cc(NC(=O)c2cnn(-c3ccc(C4CC4)cn3)c2C)cnc1C1CCC(O)CC1. The number of nitrogens with zero attached hydrogens (tertiary/aromatic N) is 4. The first-order valence-electron chi connectivity index (χ1n) is 11.5. The van der Waals surface area contributed by atoms with E-state index in [4.69, 9.17) is 0 Å². The highest BCUT2D eigenvalue weighted by Crippen LogP contribution is 2.39. The summed E-state index contributed by atoms with van der Waals surface area (Å²) in [6.45, 7) is 3.91. The minimum Gasteiger partial charge on any atom is -0.393 e. The molecule has 3 heterocycles. The fourth-order valence-corrected chi connectivity index (χ4v) is 4.67. The van der Waals surface area contributed by atoms with Gasteiger partial charge in [-0.25, -0.2) is 9.67 Å². The van der Waals surface area contributed by atoms with E-state index in [1.807, 2.05) is 32.2 Å². The molecule has 2 fully saturated rings. The molecule has 3 aromatic rings. The molecule has 7 heteroatoms. The van der Waals surface area contributed by atoms with Crippen LogP contribution in [0.15, 0.2) is 36.8 Å². The van der Waals surface area contributed by atoms with Crippen molar-refractivity contribution in [1.29, 1.82) is 0 Å². The zero-order valence-corrected chi connectivity index (χ0v) is 18.6. The minimum atomic E-state index is -0.210. The first-order valence-corrected chi connectivity index (χ1v) is 11.5. The monoisotopic (exact) mass is 431 g/mol. The van der Waals surface area contributed by atoms with E-state index in [9.17, 15) is 9.90 Å². The fraction of sp³-hybridized carbons (Fsp3) is 0.440. The molecule has 0 radical (unpaired) electrons. The number of anilines is 1. The van der Waals surface area contributed by atoms with E-state index in [1.165, 1.54) is 18.4 Å². The summed E-state index contributed by atoms with van der Waals surface area (Å²) in [6, 6.07) is 6.04. The van der Waals surface area contributed by atoms with Crippen LogP contribution in [0.2, 0.25) is 0 Å². The van der Waals surface area contributed by atoms with Gasteiger partial charge in [0.05, 0.1) is 35.4 Å². The predicted octanol–water partition coefficient (Wildman–Crippen LogP) is 4.43. The van der Waals surface area contributed by atoms with Crippen LogP contribution in [0.25, 0.3) is 5.82 Å². The number of rotatable bonds is 5. The van der Waals surface area contributed by atoms with Crippen LogP contribution in [-0.4, -0.2) is 36.9 Å². The molecule has 2 aliphatic rings. The standard InChI is InChI=1S/C25H29N5O2/c1-15-11-20(13-27-24(15)18-5-8-21(31)9-6-18)29-25(32)22-14-28-30(16(22)2)23-10-7-19(12-26-23)17-3-4-17/h7,10-14,17-18,21,31H,3-6,8-9H2,1-2H3,(H,29,32). The molecule has 5 rings (SSSR count). The van der Waals surface area contributed by atoms with E-state index in [0.717, 1.165) is 42.6 Å². The molecule has 0 aromatic carbocycles. The maximum Gasteiger partial charge on any atom is 0.259 e. The molecule has 0 spiro atoms. The maximum absolute atomic E-state index is 12.9. The summed E-state index contributed by atoms with van der Waals surface area (Å²) in [5.74, 6) is 1.54. The summed E-state index contributed by atoms with van der Waals surface area (Å²) >= 11 is 0. The molecule has 0 bridgehead atoms. The van der Waals surface area contributed by atoms with Crippen molar-refractivity contribution in [2.24, 2.45) is 0 Å². The Labute approximate surface area is 187 Å². The van der Waals surface area contributed by atoms with E-state index in [1.54, 1.807) is 17.1 Å². The molecule has 166 valence electrons. The quantitative estimate of drug-likeness (QED) is 0.623. The Bertz CT molecular complexity index is 1130. The summed E-state index contributed by atoms with van der Waals surface area (Å²) in [4.78, 5) is 22.1. The van der Waals surface area contributed by atoms with Crippen LogP contribution in [0, 0.1) is 13.8 Å². The van der Waals surface area contributed by atoms with Crippen LogP contribution in [0.4, 0.5) is 5.69 Å². The van der Waals surface area contributed by atoms with Gasteiger partial charge in [0.2, 0.25) is 0 Å². The molecular weight excluding hydrogens is 402 g/mol. The summed E-state index contributed by atoms with van der Waals surface area (Å²) in [5, 5.41) is 17.1. The third-order valence-corrected chi connectivity index (χ3v) is 6.75. The number of aliphatic hydroxyl groups is 1. The molecule has 0 atom stereocenters. The van der Waals surface area contributed by atoms with Crippen molar-refractivity contribution in [2.45, 2.75) is 70.3 Å². The Morgan fingerprint density at radius 2 is 1.75 bits per heavy atom. The Morgan fingerprint density at radius 1 is 1.00 bits per heavy atom. The van der Waals surface area contributed by atoms with E-state index < -0.39 is 0 Å². The lowest BCUT2D eigenvalue weighted by atomic mass is 9.84. The number of nitrogens with one attached hydrogen (secondary N) is 1. The second-order valence-corrected chi connectivity index (χ2v) is 9.17. The van der Waals surface area contributed by atoms with Crippen LogP contribution in [0.3, 0.4) is 0 Å². The van der Waals surface area contributed by atoms with Gasteiger partial charge in [0.25, 0.3) is 5.91 Å². The zero-order valence-electron chi connectivity index (χ0n) is 18.6. The van der Waals surface area contributed by atoms with Crippen LogP contribution >= 0.6 is 0 Å². The number of aromatic nitrogens is 4. The van der Waals surface area contributed by atoms with E-state index in [-0.39, 0.29) is 12.0 Å². The molecule has 3 aromatic heterocycles. The average Bonchev–Trinajstić information content (AvgIpc) is 3.57. The molecule has 1 amide bonds. The van der Waals surface area contributed by atoms with Crippen molar-refractivity contribution >= 4 is 11.6 Å². The molecule has 7 nitrogen and oxygen atoms in total. The smallest absolute Gasteiger partial charge is 0.259 e.